The van der Waals surface area contributed by atoms with Crippen molar-refractivity contribution in [2.75, 3.05) is 0 Å². The van der Waals surface area contributed by atoms with Gasteiger partial charge in [0.1, 0.15) is 11.4 Å². The van der Waals surface area contributed by atoms with Gasteiger partial charge in [-0.2, -0.15) is 13.2 Å². The monoisotopic (exact) mass is 419 g/mol. The van der Waals surface area contributed by atoms with Crippen molar-refractivity contribution in [3.8, 4) is 11.1 Å². The molecule has 4 rings (SSSR count). The van der Waals surface area contributed by atoms with Crippen LogP contribution in [0.25, 0.3) is 21.3 Å². The Bertz CT molecular complexity index is 1200. The number of hydrogen-bond donors (Lipinski definition) is 1. The van der Waals surface area contributed by atoms with Crippen LogP contribution in [-0.2, 0) is 23.8 Å². The number of alkyl halides is 3. The standard InChI is InChI=1S/C19H12F3N3O3S/c20-19(21,22)12-3-1-2-10(6-12)11-4-5-14-13(7-11)23-17(29-14)8-15-24-25-16(28-15)9-18(26)27/h1-7H,8-9H2,(H,26,27). The number of benzene rings is 2. The molecule has 10 heteroatoms. The summed E-state index contributed by atoms with van der Waals surface area (Å²) in [4.78, 5) is 15.2. The van der Waals surface area contributed by atoms with E-state index in [0.29, 0.717) is 21.7 Å². The van der Waals surface area contributed by atoms with Crippen LogP contribution >= 0.6 is 11.3 Å². The van der Waals surface area contributed by atoms with Crippen LogP contribution in [0.4, 0.5) is 13.2 Å². The van der Waals surface area contributed by atoms with E-state index in [2.05, 4.69) is 15.2 Å². The molecule has 0 saturated heterocycles. The third-order valence-corrected chi connectivity index (χ3v) is 5.11. The van der Waals surface area contributed by atoms with Crippen molar-refractivity contribution in [1.82, 2.24) is 15.2 Å². The average molecular weight is 419 g/mol. The van der Waals surface area contributed by atoms with Crippen molar-refractivity contribution < 1.29 is 27.5 Å². The van der Waals surface area contributed by atoms with Crippen LogP contribution in [0.1, 0.15) is 22.4 Å². The summed E-state index contributed by atoms with van der Waals surface area (Å²) < 4.78 is 45.0. The van der Waals surface area contributed by atoms with Crippen molar-refractivity contribution in [3.05, 3.63) is 64.8 Å². The first kappa shape index (κ1) is 19.1. The highest BCUT2D eigenvalue weighted by Gasteiger charge is 2.30. The molecule has 1 N–H and O–H groups in total. The summed E-state index contributed by atoms with van der Waals surface area (Å²) in [7, 11) is 0. The van der Waals surface area contributed by atoms with Gasteiger partial charge in [0.05, 0.1) is 22.2 Å². The lowest BCUT2D eigenvalue weighted by Gasteiger charge is -2.08. The van der Waals surface area contributed by atoms with E-state index in [0.717, 1.165) is 16.8 Å². The van der Waals surface area contributed by atoms with Gasteiger partial charge in [-0.1, -0.05) is 18.2 Å². The molecule has 0 fully saturated rings. The van der Waals surface area contributed by atoms with Crippen molar-refractivity contribution in [3.63, 3.8) is 0 Å². The molecule has 2 aromatic heterocycles. The molecule has 0 aliphatic rings. The van der Waals surface area contributed by atoms with Gasteiger partial charge in [-0.15, -0.1) is 21.5 Å². The molecule has 0 saturated carbocycles. The van der Waals surface area contributed by atoms with Gasteiger partial charge in [0, 0.05) is 0 Å². The second-order valence-electron chi connectivity index (χ2n) is 6.21. The number of halogens is 3. The smallest absolute Gasteiger partial charge is 0.416 e. The van der Waals surface area contributed by atoms with Crippen LogP contribution in [0.5, 0.6) is 0 Å². The van der Waals surface area contributed by atoms with Gasteiger partial charge < -0.3 is 9.52 Å². The van der Waals surface area contributed by atoms with Gasteiger partial charge in [0.15, 0.2) is 0 Å². The van der Waals surface area contributed by atoms with Gasteiger partial charge in [0.25, 0.3) is 0 Å². The Kier molecular flexibility index (Phi) is 4.79. The maximum absolute atomic E-state index is 13.0. The predicted octanol–water partition coefficient (Wildman–Crippen LogP) is 4.58. The third kappa shape index (κ3) is 4.27. The maximum atomic E-state index is 13.0. The highest BCUT2D eigenvalue weighted by atomic mass is 32.1. The SMILES string of the molecule is O=C(O)Cc1nnc(Cc2nc3cc(-c4cccc(C(F)(F)F)c4)ccc3s2)o1. The fourth-order valence-corrected chi connectivity index (χ4v) is 3.73. The summed E-state index contributed by atoms with van der Waals surface area (Å²) in [6, 6.07) is 10.4. The van der Waals surface area contributed by atoms with Gasteiger partial charge in [-0.25, -0.2) is 4.98 Å². The van der Waals surface area contributed by atoms with Crippen molar-refractivity contribution >= 4 is 27.5 Å². The van der Waals surface area contributed by atoms with E-state index in [1.54, 1.807) is 24.3 Å². The number of fused-ring (bicyclic) bond motifs is 1. The summed E-state index contributed by atoms with van der Waals surface area (Å²) in [5.41, 5.74) is 1.02. The zero-order chi connectivity index (χ0) is 20.6. The number of carboxylic acid groups (broad SMARTS) is 1. The molecule has 6 nitrogen and oxygen atoms in total. The zero-order valence-corrected chi connectivity index (χ0v) is 15.4. The third-order valence-electron chi connectivity index (χ3n) is 4.07. The first-order chi connectivity index (χ1) is 13.8. The molecule has 0 aliphatic carbocycles. The number of carbonyl (C=O) groups is 1. The minimum absolute atomic E-state index is 0.0143. The Labute approximate surface area is 165 Å². The molecular formula is C19H12F3N3O3S. The van der Waals surface area contributed by atoms with Gasteiger partial charge in [0.2, 0.25) is 11.8 Å². The lowest BCUT2D eigenvalue weighted by molar-refractivity contribution is -0.138. The summed E-state index contributed by atoms with van der Waals surface area (Å²) in [5.74, 6) is -0.804. The van der Waals surface area contributed by atoms with E-state index >= 15 is 0 Å². The highest BCUT2D eigenvalue weighted by molar-refractivity contribution is 7.18. The highest BCUT2D eigenvalue weighted by Crippen LogP contribution is 2.33. The van der Waals surface area contributed by atoms with E-state index in [9.17, 15) is 18.0 Å². The van der Waals surface area contributed by atoms with Crippen LogP contribution in [-0.4, -0.2) is 26.3 Å². The Morgan fingerprint density at radius 2 is 1.83 bits per heavy atom. The number of aromatic nitrogens is 3. The Morgan fingerprint density at radius 3 is 2.59 bits per heavy atom. The largest absolute Gasteiger partial charge is 0.481 e. The Hall–Kier alpha value is -3.27. The molecule has 0 aliphatic heterocycles. The second kappa shape index (κ2) is 7.28. The van der Waals surface area contributed by atoms with E-state index < -0.39 is 17.7 Å². The molecule has 0 atom stereocenters. The van der Waals surface area contributed by atoms with Gasteiger partial charge in [-0.05, 0) is 35.4 Å². The molecule has 29 heavy (non-hydrogen) atoms. The van der Waals surface area contributed by atoms with Crippen molar-refractivity contribution in [2.24, 2.45) is 0 Å². The zero-order valence-electron chi connectivity index (χ0n) is 14.6. The molecule has 0 radical (unpaired) electrons. The molecule has 0 bridgehead atoms. The summed E-state index contributed by atoms with van der Waals surface area (Å²) >= 11 is 1.39. The molecule has 4 aromatic rings. The molecule has 0 spiro atoms. The molecular weight excluding hydrogens is 407 g/mol. The molecule has 148 valence electrons. The number of aliphatic carboxylic acids is 1. The van der Waals surface area contributed by atoms with Crippen LogP contribution < -0.4 is 0 Å². The normalized spacial score (nSPS) is 11.8. The topological polar surface area (TPSA) is 89.1 Å². The van der Waals surface area contributed by atoms with Crippen LogP contribution in [0.15, 0.2) is 46.9 Å². The van der Waals surface area contributed by atoms with E-state index in [1.165, 1.54) is 17.4 Å². The second-order valence-corrected chi connectivity index (χ2v) is 7.32. The predicted molar refractivity (Wildman–Crippen MR) is 98.5 cm³/mol. The van der Waals surface area contributed by atoms with Crippen LogP contribution in [0.2, 0.25) is 0 Å². The lowest BCUT2D eigenvalue weighted by Crippen LogP contribution is -2.04. The number of hydrogen-bond acceptors (Lipinski definition) is 6. The fraction of sp³-hybridized carbons (Fsp3) is 0.158. The van der Waals surface area contributed by atoms with Gasteiger partial charge in [-0.3, -0.25) is 4.79 Å². The maximum Gasteiger partial charge on any atom is 0.416 e. The van der Waals surface area contributed by atoms with E-state index in [-0.39, 0.29) is 24.6 Å². The fourth-order valence-electron chi connectivity index (χ4n) is 2.80. The molecule has 2 heterocycles. The molecule has 2 aromatic carbocycles. The van der Waals surface area contributed by atoms with Crippen LogP contribution in [0.3, 0.4) is 0 Å². The van der Waals surface area contributed by atoms with Crippen LogP contribution in [0, 0.1) is 0 Å². The number of thiazole rings is 1. The van der Waals surface area contributed by atoms with E-state index in [4.69, 9.17) is 9.52 Å². The Morgan fingerprint density at radius 1 is 1.07 bits per heavy atom. The van der Waals surface area contributed by atoms with Gasteiger partial charge >= 0.3 is 12.1 Å². The molecule has 0 unspecified atom stereocenters. The Balaban J connectivity index is 1.60. The minimum atomic E-state index is -4.41. The van der Waals surface area contributed by atoms with E-state index in [1.807, 2.05) is 0 Å². The van der Waals surface area contributed by atoms with Crippen molar-refractivity contribution in [1.29, 1.82) is 0 Å². The molecule has 0 amide bonds. The average Bonchev–Trinajstić information content (AvgIpc) is 3.26. The number of rotatable bonds is 5. The number of carboxylic acids is 1. The quantitative estimate of drug-likeness (QED) is 0.509. The first-order valence-electron chi connectivity index (χ1n) is 8.38. The summed E-state index contributed by atoms with van der Waals surface area (Å²) in [6.07, 6.45) is -4.52. The first-order valence-corrected chi connectivity index (χ1v) is 9.20. The summed E-state index contributed by atoms with van der Waals surface area (Å²) in [5, 5.41) is 16.9. The van der Waals surface area contributed by atoms with Crippen molar-refractivity contribution in [2.45, 2.75) is 19.0 Å². The number of nitrogens with zero attached hydrogens (tertiary/aromatic N) is 3. The minimum Gasteiger partial charge on any atom is -0.481 e. The summed E-state index contributed by atoms with van der Waals surface area (Å²) in [6.45, 7) is 0. The lowest BCUT2D eigenvalue weighted by atomic mass is 10.0.